The van der Waals surface area contributed by atoms with E-state index in [1.165, 1.54) is 6.92 Å². The predicted octanol–water partition coefficient (Wildman–Crippen LogP) is 0.550. The maximum Gasteiger partial charge on any atom is 0.325 e. The Hall–Kier alpha value is -1.13. The van der Waals surface area contributed by atoms with Gasteiger partial charge in [0.15, 0.2) is 5.25 Å². The van der Waals surface area contributed by atoms with Crippen molar-refractivity contribution in [1.82, 2.24) is 4.72 Å². The van der Waals surface area contributed by atoms with E-state index >= 15 is 0 Å². The molecule has 0 spiro atoms. The fourth-order valence-corrected chi connectivity index (χ4v) is 2.63. The average molecular weight is 262 g/mol. The summed E-state index contributed by atoms with van der Waals surface area (Å²) in [6.07, 6.45) is 0.653. The van der Waals surface area contributed by atoms with Crippen LogP contribution in [0.2, 0.25) is 0 Å². The summed E-state index contributed by atoms with van der Waals surface area (Å²) in [6, 6.07) is 1.94. The molecule has 0 heterocycles. The molecule has 0 radical (unpaired) electrons. The van der Waals surface area contributed by atoms with E-state index in [0.29, 0.717) is 12.8 Å². The third-order valence-corrected chi connectivity index (χ3v) is 4.56. The largest absolute Gasteiger partial charge is 0.468 e. The van der Waals surface area contributed by atoms with Crippen LogP contribution in [-0.2, 0) is 19.6 Å². The molecule has 0 saturated carbocycles. The number of nitrogens with zero attached hydrogens (tertiary/aromatic N) is 1. The molecule has 0 saturated heterocycles. The average Bonchev–Trinajstić information content (AvgIpc) is 2.34. The van der Waals surface area contributed by atoms with Gasteiger partial charge in [-0.25, -0.2) is 8.42 Å². The SMILES string of the molecule is CCC(C#N)(CC)NS(=O)(=O)C(C)C(=O)OC. The number of methoxy groups -OCH3 is 1. The second-order valence-electron chi connectivity index (χ2n) is 3.71. The molecule has 0 aromatic rings. The van der Waals surface area contributed by atoms with Crippen LogP contribution >= 0.6 is 0 Å². The summed E-state index contributed by atoms with van der Waals surface area (Å²) < 4.78 is 30.4. The predicted molar refractivity (Wildman–Crippen MR) is 62.5 cm³/mol. The summed E-state index contributed by atoms with van der Waals surface area (Å²) in [5.74, 6) is -0.850. The van der Waals surface area contributed by atoms with Crippen LogP contribution in [0.3, 0.4) is 0 Å². The molecule has 98 valence electrons. The van der Waals surface area contributed by atoms with Crippen molar-refractivity contribution in [3.8, 4) is 6.07 Å². The third kappa shape index (κ3) is 3.68. The van der Waals surface area contributed by atoms with Crippen molar-refractivity contribution in [2.24, 2.45) is 0 Å². The zero-order valence-electron chi connectivity index (χ0n) is 10.5. The Balaban J connectivity index is 5.12. The second-order valence-corrected chi connectivity index (χ2v) is 5.71. The van der Waals surface area contributed by atoms with Crippen molar-refractivity contribution in [1.29, 1.82) is 5.26 Å². The number of nitrogens with one attached hydrogen (secondary N) is 1. The van der Waals surface area contributed by atoms with Crippen LogP contribution in [0.1, 0.15) is 33.6 Å². The molecule has 1 unspecified atom stereocenters. The molecule has 0 aliphatic carbocycles. The van der Waals surface area contributed by atoms with E-state index in [-0.39, 0.29) is 0 Å². The minimum absolute atomic E-state index is 0.327. The fourth-order valence-electron chi connectivity index (χ4n) is 1.23. The highest BCUT2D eigenvalue weighted by atomic mass is 32.2. The first-order valence-electron chi connectivity index (χ1n) is 5.30. The number of nitriles is 1. The van der Waals surface area contributed by atoms with Gasteiger partial charge in [0.1, 0.15) is 5.54 Å². The van der Waals surface area contributed by atoms with Crippen LogP contribution in [0.5, 0.6) is 0 Å². The molecule has 1 atom stereocenters. The molecule has 0 rings (SSSR count). The van der Waals surface area contributed by atoms with Gasteiger partial charge in [-0.3, -0.25) is 4.79 Å². The lowest BCUT2D eigenvalue weighted by atomic mass is 9.97. The Morgan fingerprint density at radius 3 is 2.24 bits per heavy atom. The normalized spacial score (nSPS) is 13.8. The first kappa shape index (κ1) is 15.9. The zero-order chi connectivity index (χ0) is 13.7. The summed E-state index contributed by atoms with van der Waals surface area (Å²) in [5.41, 5.74) is -1.17. The van der Waals surface area contributed by atoms with Gasteiger partial charge in [-0.15, -0.1) is 0 Å². The van der Waals surface area contributed by atoms with Crippen LogP contribution in [0, 0.1) is 11.3 Å². The Kier molecular flexibility index (Phi) is 5.58. The summed E-state index contributed by atoms with van der Waals surface area (Å²) >= 11 is 0. The quantitative estimate of drug-likeness (QED) is 0.705. The Labute approximate surface area is 102 Å². The zero-order valence-corrected chi connectivity index (χ0v) is 11.3. The highest BCUT2D eigenvalue weighted by Gasteiger charge is 2.37. The van der Waals surface area contributed by atoms with Gasteiger partial charge >= 0.3 is 5.97 Å². The summed E-state index contributed by atoms with van der Waals surface area (Å²) in [5, 5.41) is 7.69. The van der Waals surface area contributed by atoms with Crippen molar-refractivity contribution in [3.63, 3.8) is 0 Å². The number of carbonyl (C=O) groups is 1. The molecule has 0 aliphatic heterocycles. The van der Waals surface area contributed by atoms with Gasteiger partial charge in [0.25, 0.3) is 0 Å². The molecular weight excluding hydrogens is 244 g/mol. The molecule has 1 N–H and O–H groups in total. The maximum absolute atomic E-state index is 11.9. The first-order valence-corrected chi connectivity index (χ1v) is 6.85. The molecule has 0 aromatic carbocycles. The van der Waals surface area contributed by atoms with Crippen LogP contribution in [0.25, 0.3) is 0 Å². The van der Waals surface area contributed by atoms with Crippen molar-refractivity contribution in [2.75, 3.05) is 7.11 Å². The Bertz CT molecular complexity index is 407. The number of rotatable bonds is 6. The van der Waals surface area contributed by atoms with Crippen LogP contribution in [0.15, 0.2) is 0 Å². The van der Waals surface area contributed by atoms with E-state index in [2.05, 4.69) is 9.46 Å². The van der Waals surface area contributed by atoms with Crippen molar-refractivity contribution < 1.29 is 17.9 Å². The molecule has 0 bridgehead atoms. The van der Waals surface area contributed by atoms with Crippen LogP contribution in [-0.4, -0.2) is 32.3 Å². The van der Waals surface area contributed by atoms with E-state index < -0.39 is 26.8 Å². The van der Waals surface area contributed by atoms with Gasteiger partial charge < -0.3 is 4.74 Å². The molecular formula is C10H18N2O4S. The van der Waals surface area contributed by atoms with E-state index in [0.717, 1.165) is 7.11 Å². The molecule has 0 aromatic heterocycles. The van der Waals surface area contributed by atoms with E-state index in [1.807, 2.05) is 6.07 Å². The number of hydrogen-bond donors (Lipinski definition) is 1. The lowest BCUT2D eigenvalue weighted by Gasteiger charge is -2.26. The molecule has 6 nitrogen and oxygen atoms in total. The molecule has 0 aliphatic rings. The van der Waals surface area contributed by atoms with Crippen LogP contribution < -0.4 is 4.72 Å². The number of esters is 1. The van der Waals surface area contributed by atoms with Gasteiger partial charge in [-0.05, 0) is 19.8 Å². The fraction of sp³-hybridized carbons (Fsp3) is 0.800. The molecule has 0 fully saturated rings. The molecule has 17 heavy (non-hydrogen) atoms. The van der Waals surface area contributed by atoms with Gasteiger partial charge in [0.2, 0.25) is 10.0 Å². The number of carbonyl (C=O) groups excluding carboxylic acids is 1. The first-order chi connectivity index (χ1) is 7.78. The minimum atomic E-state index is -3.91. The topological polar surface area (TPSA) is 96.3 Å². The summed E-state index contributed by atoms with van der Waals surface area (Å²) in [7, 11) is -2.80. The van der Waals surface area contributed by atoms with Gasteiger partial charge in [0.05, 0.1) is 13.2 Å². The van der Waals surface area contributed by atoms with E-state index in [9.17, 15) is 13.2 Å². The lowest BCUT2D eigenvalue weighted by Crippen LogP contribution is -2.51. The van der Waals surface area contributed by atoms with Crippen molar-refractivity contribution >= 4 is 16.0 Å². The number of hydrogen-bond acceptors (Lipinski definition) is 5. The van der Waals surface area contributed by atoms with Gasteiger partial charge in [-0.1, -0.05) is 13.8 Å². The third-order valence-electron chi connectivity index (χ3n) is 2.76. The summed E-state index contributed by atoms with van der Waals surface area (Å²) in [6.45, 7) is 4.64. The maximum atomic E-state index is 11.9. The van der Waals surface area contributed by atoms with Crippen molar-refractivity contribution in [3.05, 3.63) is 0 Å². The second kappa shape index (κ2) is 5.98. The minimum Gasteiger partial charge on any atom is -0.468 e. The van der Waals surface area contributed by atoms with Gasteiger partial charge in [0, 0.05) is 0 Å². The van der Waals surface area contributed by atoms with Crippen molar-refractivity contribution in [2.45, 2.75) is 44.4 Å². The molecule has 7 heteroatoms. The molecule has 0 amide bonds. The smallest absolute Gasteiger partial charge is 0.325 e. The number of ether oxygens (including phenoxy) is 1. The van der Waals surface area contributed by atoms with E-state index in [4.69, 9.17) is 5.26 Å². The Morgan fingerprint density at radius 1 is 1.47 bits per heavy atom. The highest BCUT2D eigenvalue weighted by Crippen LogP contribution is 2.17. The number of sulfonamides is 1. The van der Waals surface area contributed by atoms with Crippen LogP contribution in [0.4, 0.5) is 0 Å². The highest BCUT2D eigenvalue weighted by molar-refractivity contribution is 7.90. The van der Waals surface area contributed by atoms with E-state index in [1.54, 1.807) is 13.8 Å². The standard InChI is InChI=1S/C10H18N2O4S/c1-5-10(6-2,7-11)12-17(14,15)8(3)9(13)16-4/h8,12H,5-6H2,1-4H3. The monoisotopic (exact) mass is 262 g/mol. The van der Waals surface area contributed by atoms with Gasteiger partial charge in [-0.2, -0.15) is 9.98 Å². The summed E-state index contributed by atoms with van der Waals surface area (Å²) in [4.78, 5) is 11.2. The Morgan fingerprint density at radius 2 is 1.94 bits per heavy atom. The lowest BCUT2D eigenvalue weighted by molar-refractivity contribution is -0.139.